The lowest BCUT2D eigenvalue weighted by atomic mass is 10.1. The topological polar surface area (TPSA) is 58.6 Å². The van der Waals surface area contributed by atoms with Gasteiger partial charge in [0.1, 0.15) is 0 Å². The predicted molar refractivity (Wildman–Crippen MR) is 77.8 cm³/mol. The van der Waals surface area contributed by atoms with Gasteiger partial charge in [-0.15, -0.1) is 0 Å². The van der Waals surface area contributed by atoms with Crippen LogP contribution in [-0.4, -0.2) is 56.9 Å². The van der Waals surface area contributed by atoms with Crippen molar-refractivity contribution >= 4 is 10.0 Å². The van der Waals surface area contributed by atoms with E-state index in [4.69, 9.17) is 4.74 Å². The summed E-state index contributed by atoms with van der Waals surface area (Å²) in [5, 5.41) is 3.24. The number of hydrogen-bond donors (Lipinski definition) is 1. The van der Waals surface area contributed by atoms with Gasteiger partial charge in [0.05, 0.1) is 11.9 Å². The minimum atomic E-state index is -3.12. The molecule has 6 heteroatoms. The lowest BCUT2D eigenvalue weighted by molar-refractivity contribution is 0.0265. The molecule has 1 unspecified atom stereocenters. The summed E-state index contributed by atoms with van der Waals surface area (Å²) < 4.78 is 31.6. The molecule has 1 fully saturated rings. The van der Waals surface area contributed by atoms with Crippen LogP contribution >= 0.6 is 0 Å². The van der Waals surface area contributed by atoms with Crippen molar-refractivity contribution < 1.29 is 13.2 Å². The van der Waals surface area contributed by atoms with Crippen LogP contribution in [0.15, 0.2) is 0 Å². The SMILES string of the molecule is CCOC1CCCN(S(=O)(=O)CCCNC(C)C)C1. The van der Waals surface area contributed by atoms with Gasteiger partial charge in [0.2, 0.25) is 10.0 Å². The van der Waals surface area contributed by atoms with E-state index in [0.717, 1.165) is 19.4 Å². The van der Waals surface area contributed by atoms with Gasteiger partial charge in [0, 0.05) is 25.7 Å². The second-order valence-corrected chi connectivity index (χ2v) is 7.44. The number of ether oxygens (including phenoxy) is 1. The maximum absolute atomic E-state index is 12.2. The smallest absolute Gasteiger partial charge is 0.214 e. The molecule has 1 rings (SSSR count). The number of nitrogens with zero attached hydrogens (tertiary/aromatic N) is 1. The fourth-order valence-corrected chi connectivity index (χ4v) is 3.87. The molecule has 1 N–H and O–H groups in total. The molecule has 19 heavy (non-hydrogen) atoms. The molecule has 0 amide bonds. The summed E-state index contributed by atoms with van der Waals surface area (Å²) >= 11 is 0. The van der Waals surface area contributed by atoms with Crippen LogP contribution in [0.4, 0.5) is 0 Å². The minimum absolute atomic E-state index is 0.0716. The van der Waals surface area contributed by atoms with Crippen molar-refractivity contribution in [3.05, 3.63) is 0 Å². The summed E-state index contributed by atoms with van der Waals surface area (Å²) in [4.78, 5) is 0. The molecule has 0 aromatic carbocycles. The summed E-state index contributed by atoms with van der Waals surface area (Å²) in [6, 6.07) is 0.403. The Balaban J connectivity index is 2.38. The number of piperidine rings is 1. The zero-order valence-corrected chi connectivity index (χ0v) is 13.2. The Bertz CT molecular complexity index is 342. The maximum atomic E-state index is 12.2. The van der Waals surface area contributed by atoms with Crippen molar-refractivity contribution in [2.75, 3.05) is 32.0 Å². The second-order valence-electron chi connectivity index (χ2n) is 5.36. The summed E-state index contributed by atoms with van der Waals surface area (Å²) in [6.45, 7) is 8.64. The number of sulfonamides is 1. The lowest BCUT2D eigenvalue weighted by Crippen LogP contribution is -2.44. The molecule has 0 radical (unpaired) electrons. The van der Waals surface area contributed by atoms with Crippen LogP contribution in [0.2, 0.25) is 0 Å². The molecular weight excluding hydrogens is 264 g/mol. The van der Waals surface area contributed by atoms with Crippen molar-refractivity contribution in [1.29, 1.82) is 0 Å². The quantitative estimate of drug-likeness (QED) is 0.683. The fourth-order valence-electron chi connectivity index (χ4n) is 2.30. The number of hydrogen-bond acceptors (Lipinski definition) is 4. The van der Waals surface area contributed by atoms with Crippen LogP contribution in [0.1, 0.15) is 40.0 Å². The standard InChI is InChI=1S/C13H28N2O3S/c1-4-18-13-7-5-9-15(11-13)19(16,17)10-6-8-14-12(2)3/h12-14H,4-11H2,1-3H3. The van der Waals surface area contributed by atoms with E-state index in [1.54, 1.807) is 4.31 Å². The van der Waals surface area contributed by atoms with Crippen molar-refractivity contribution in [3.8, 4) is 0 Å². The van der Waals surface area contributed by atoms with Gasteiger partial charge < -0.3 is 10.1 Å². The molecule has 5 nitrogen and oxygen atoms in total. The van der Waals surface area contributed by atoms with Gasteiger partial charge in [-0.2, -0.15) is 4.31 Å². The first-order valence-electron chi connectivity index (χ1n) is 7.28. The highest BCUT2D eigenvalue weighted by molar-refractivity contribution is 7.89. The summed E-state index contributed by atoms with van der Waals surface area (Å²) in [5.74, 6) is 0.228. The fraction of sp³-hybridized carbons (Fsp3) is 1.00. The predicted octanol–water partition coefficient (Wildman–Crippen LogP) is 1.21. The van der Waals surface area contributed by atoms with Crippen molar-refractivity contribution in [1.82, 2.24) is 9.62 Å². The highest BCUT2D eigenvalue weighted by Crippen LogP contribution is 2.17. The Labute approximate surface area is 117 Å². The van der Waals surface area contributed by atoms with E-state index in [9.17, 15) is 8.42 Å². The van der Waals surface area contributed by atoms with E-state index in [1.807, 2.05) is 6.92 Å². The Kier molecular flexibility index (Phi) is 7.28. The van der Waals surface area contributed by atoms with Crippen molar-refractivity contribution in [2.24, 2.45) is 0 Å². The minimum Gasteiger partial charge on any atom is -0.377 e. The normalized spacial score (nSPS) is 22.0. The van der Waals surface area contributed by atoms with Crippen LogP contribution < -0.4 is 5.32 Å². The molecule has 114 valence electrons. The molecule has 0 aromatic rings. The summed E-state index contributed by atoms with van der Waals surface area (Å²) in [6.07, 6.45) is 2.60. The van der Waals surface area contributed by atoms with Crippen molar-refractivity contribution in [2.45, 2.75) is 52.2 Å². The van der Waals surface area contributed by atoms with E-state index in [1.165, 1.54) is 0 Å². The Hall–Kier alpha value is -0.170. The first-order valence-corrected chi connectivity index (χ1v) is 8.89. The Morgan fingerprint density at radius 2 is 2.16 bits per heavy atom. The maximum Gasteiger partial charge on any atom is 0.214 e. The molecular formula is C13H28N2O3S. The van der Waals surface area contributed by atoms with E-state index < -0.39 is 10.0 Å². The third kappa shape index (κ3) is 6.21. The highest BCUT2D eigenvalue weighted by atomic mass is 32.2. The van der Waals surface area contributed by atoms with E-state index in [-0.39, 0.29) is 11.9 Å². The molecule has 0 aliphatic carbocycles. The van der Waals surface area contributed by atoms with Gasteiger partial charge in [-0.1, -0.05) is 13.8 Å². The zero-order valence-electron chi connectivity index (χ0n) is 12.4. The van der Waals surface area contributed by atoms with Gasteiger partial charge in [0.15, 0.2) is 0 Å². The van der Waals surface area contributed by atoms with E-state index >= 15 is 0 Å². The Morgan fingerprint density at radius 3 is 2.79 bits per heavy atom. The molecule has 1 heterocycles. The van der Waals surface area contributed by atoms with Gasteiger partial charge in [-0.25, -0.2) is 8.42 Å². The van der Waals surface area contributed by atoms with Gasteiger partial charge >= 0.3 is 0 Å². The highest BCUT2D eigenvalue weighted by Gasteiger charge is 2.28. The first kappa shape index (κ1) is 16.9. The van der Waals surface area contributed by atoms with Crippen LogP contribution in [0, 0.1) is 0 Å². The van der Waals surface area contributed by atoms with Crippen LogP contribution in [-0.2, 0) is 14.8 Å². The lowest BCUT2D eigenvalue weighted by Gasteiger charge is -2.31. The monoisotopic (exact) mass is 292 g/mol. The largest absolute Gasteiger partial charge is 0.377 e. The van der Waals surface area contributed by atoms with Crippen LogP contribution in [0.3, 0.4) is 0 Å². The van der Waals surface area contributed by atoms with Crippen LogP contribution in [0.5, 0.6) is 0 Å². The van der Waals surface area contributed by atoms with E-state index in [0.29, 0.717) is 32.2 Å². The summed E-state index contributed by atoms with van der Waals surface area (Å²) in [5.41, 5.74) is 0. The number of rotatable bonds is 8. The average Bonchev–Trinajstić information content (AvgIpc) is 2.35. The second kappa shape index (κ2) is 8.19. The molecule has 1 atom stereocenters. The third-order valence-corrected chi connectivity index (χ3v) is 5.19. The van der Waals surface area contributed by atoms with Crippen LogP contribution in [0.25, 0.3) is 0 Å². The Morgan fingerprint density at radius 1 is 1.42 bits per heavy atom. The molecule has 0 spiro atoms. The summed E-state index contributed by atoms with van der Waals surface area (Å²) in [7, 11) is -3.12. The first-order chi connectivity index (χ1) is 8.95. The molecule has 1 aliphatic heterocycles. The van der Waals surface area contributed by atoms with Gasteiger partial charge in [-0.3, -0.25) is 0 Å². The molecule has 0 aromatic heterocycles. The van der Waals surface area contributed by atoms with Gasteiger partial charge in [-0.05, 0) is 32.7 Å². The number of nitrogens with one attached hydrogen (secondary N) is 1. The average molecular weight is 292 g/mol. The molecule has 0 saturated carbocycles. The third-order valence-electron chi connectivity index (χ3n) is 3.27. The molecule has 1 aliphatic rings. The van der Waals surface area contributed by atoms with Gasteiger partial charge in [0.25, 0.3) is 0 Å². The van der Waals surface area contributed by atoms with Crippen molar-refractivity contribution in [3.63, 3.8) is 0 Å². The van der Waals surface area contributed by atoms with E-state index in [2.05, 4.69) is 19.2 Å². The zero-order chi connectivity index (χ0) is 14.3. The molecule has 0 bridgehead atoms. The molecule has 1 saturated heterocycles.